The summed E-state index contributed by atoms with van der Waals surface area (Å²) in [5, 5.41) is 19.2. The molecule has 1 aliphatic rings. The number of piperidine rings is 1. The van der Waals surface area contributed by atoms with E-state index in [0.29, 0.717) is 13.1 Å². The van der Waals surface area contributed by atoms with Crippen LogP contribution in [-0.4, -0.2) is 50.4 Å². The molecule has 0 aliphatic carbocycles. The molecule has 1 saturated heterocycles. The van der Waals surface area contributed by atoms with Crippen LogP contribution in [0.15, 0.2) is 79.4 Å². The number of β-amino-alcohol motifs (C(OH)–C–C–N with tert-alkyl or cyclic N) is 1. The Labute approximate surface area is 219 Å². The Morgan fingerprint density at radius 1 is 0.868 bits per heavy atom. The lowest BCUT2D eigenvalue weighted by atomic mass is 9.91. The molecular formula is C29H30F3N5O. The van der Waals surface area contributed by atoms with Crippen molar-refractivity contribution in [3.05, 3.63) is 114 Å². The first kappa shape index (κ1) is 25.9. The lowest BCUT2D eigenvalue weighted by Gasteiger charge is -2.38. The Bertz CT molecular complexity index is 1320. The van der Waals surface area contributed by atoms with Crippen molar-refractivity contribution in [2.45, 2.75) is 37.5 Å². The van der Waals surface area contributed by atoms with E-state index in [1.165, 1.54) is 35.5 Å². The molecule has 0 spiro atoms. The van der Waals surface area contributed by atoms with Crippen LogP contribution < -0.4 is 5.32 Å². The van der Waals surface area contributed by atoms with Gasteiger partial charge in [0.15, 0.2) is 0 Å². The van der Waals surface area contributed by atoms with Crippen LogP contribution in [-0.2, 0) is 18.6 Å². The third-order valence-corrected chi connectivity index (χ3v) is 7.04. The lowest BCUT2D eigenvalue weighted by molar-refractivity contribution is -0.0260. The lowest BCUT2D eigenvalue weighted by Crippen LogP contribution is -2.48. The van der Waals surface area contributed by atoms with Crippen molar-refractivity contribution in [3.8, 4) is 0 Å². The summed E-state index contributed by atoms with van der Waals surface area (Å²) in [4.78, 5) is 6.01. The molecule has 1 atom stereocenters. The summed E-state index contributed by atoms with van der Waals surface area (Å²) in [7, 11) is 0. The molecule has 1 aromatic heterocycles. The van der Waals surface area contributed by atoms with Crippen molar-refractivity contribution in [2.24, 2.45) is 0 Å². The van der Waals surface area contributed by atoms with Crippen molar-refractivity contribution in [1.82, 2.24) is 19.7 Å². The molecule has 1 aliphatic heterocycles. The second-order valence-electron chi connectivity index (χ2n) is 9.94. The third kappa shape index (κ3) is 6.41. The van der Waals surface area contributed by atoms with E-state index in [0.717, 1.165) is 48.2 Å². The van der Waals surface area contributed by atoms with Gasteiger partial charge in [0.2, 0.25) is 0 Å². The standard InChI is InChI=1S/C29H30F3N5O/c30-23-5-1-21(2-6-23)15-22-3-8-25(9-4-22)35-26-11-13-36(14-12-26)17-29(38,18-37-20-33-19-34-37)27-10-7-24(31)16-28(27)32/h1-10,16,19-20,26,35,38H,11-15,17-18H2. The van der Waals surface area contributed by atoms with Crippen LogP contribution >= 0.6 is 0 Å². The van der Waals surface area contributed by atoms with Gasteiger partial charge in [-0.1, -0.05) is 30.3 Å². The van der Waals surface area contributed by atoms with Gasteiger partial charge in [-0.15, -0.1) is 0 Å². The molecule has 1 fully saturated rings. The van der Waals surface area contributed by atoms with Crippen LogP contribution in [0, 0.1) is 17.5 Å². The first-order valence-corrected chi connectivity index (χ1v) is 12.7. The normalized spacial score (nSPS) is 16.3. The second-order valence-corrected chi connectivity index (χ2v) is 9.94. The van der Waals surface area contributed by atoms with E-state index in [9.17, 15) is 18.3 Å². The molecule has 38 heavy (non-hydrogen) atoms. The maximum atomic E-state index is 14.7. The number of rotatable bonds is 9. The van der Waals surface area contributed by atoms with Crippen LogP contribution in [0.5, 0.6) is 0 Å². The Hall–Kier alpha value is -3.69. The monoisotopic (exact) mass is 521 g/mol. The van der Waals surface area contributed by atoms with Crippen LogP contribution in [0.25, 0.3) is 0 Å². The van der Waals surface area contributed by atoms with Crippen molar-refractivity contribution in [1.29, 1.82) is 0 Å². The summed E-state index contributed by atoms with van der Waals surface area (Å²) in [6, 6.07) is 18.3. The largest absolute Gasteiger partial charge is 0.382 e. The Kier molecular flexibility index (Phi) is 7.76. The molecule has 5 rings (SSSR count). The quantitative estimate of drug-likeness (QED) is 0.333. The van der Waals surface area contributed by atoms with E-state index in [-0.39, 0.29) is 30.5 Å². The molecular weight excluding hydrogens is 491 g/mol. The molecule has 0 radical (unpaired) electrons. The number of nitrogens with one attached hydrogen (secondary N) is 1. The summed E-state index contributed by atoms with van der Waals surface area (Å²) < 4.78 is 42.8. The fourth-order valence-electron chi connectivity index (χ4n) is 5.07. The highest BCUT2D eigenvalue weighted by molar-refractivity contribution is 5.46. The number of nitrogens with zero attached hydrogens (tertiary/aromatic N) is 4. The van der Waals surface area contributed by atoms with Crippen molar-refractivity contribution in [2.75, 3.05) is 25.0 Å². The van der Waals surface area contributed by atoms with Crippen LogP contribution in [0.3, 0.4) is 0 Å². The van der Waals surface area contributed by atoms with E-state index < -0.39 is 17.2 Å². The van der Waals surface area contributed by atoms with Gasteiger partial charge in [0.05, 0.1) is 6.54 Å². The zero-order chi connectivity index (χ0) is 26.5. The number of aliphatic hydroxyl groups is 1. The second kappa shape index (κ2) is 11.4. The summed E-state index contributed by atoms with van der Waals surface area (Å²) in [6.45, 7) is 1.60. The number of anilines is 1. The Morgan fingerprint density at radius 2 is 1.53 bits per heavy atom. The first-order valence-electron chi connectivity index (χ1n) is 12.7. The number of hydrogen-bond donors (Lipinski definition) is 2. The SMILES string of the molecule is OC(CN1CCC(Nc2ccc(Cc3ccc(F)cc3)cc2)CC1)(Cn1cncn1)c1ccc(F)cc1F. The minimum absolute atomic E-state index is 0.00198. The van der Waals surface area contributed by atoms with Gasteiger partial charge in [0.1, 0.15) is 35.7 Å². The maximum Gasteiger partial charge on any atom is 0.137 e. The molecule has 2 N–H and O–H groups in total. The van der Waals surface area contributed by atoms with E-state index in [2.05, 4.69) is 44.6 Å². The average Bonchev–Trinajstić information content (AvgIpc) is 3.40. The molecule has 6 nitrogen and oxygen atoms in total. The Balaban J connectivity index is 1.18. The van der Waals surface area contributed by atoms with Crippen LogP contribution in [0.4, 0.5) is 18.9 Å². The minimum atomic E-state index is -1.61. The van der Waals surface area contributed by atoms with Crippen molar-refractivity contribution in [3.63, 3.8) is 0 Å². The molecule has 0 amide bonds. The number of likely N-dealkylation sites (tertiary alicyclic amines) is 1. The molecule has 2 heterocycles. The molecule has 9 heteroatoms. The van der Waals surface area contributed by atoms with Gasteiger partial charge in [-0.25, -0.2) is 22.8 Å². The summed E-state index contributed by atoms with van der Waals surface area (Å²) in [6.07, 6.45) is 5.26. The summed E-state index contributed by atoms with van der Waals surface area (Å²) in [5.41, 5.74) is 1.67. The van der Waals surface area contributed by atoms with E-state index in [1.54, 1.807) is 12.1 Å². The molecule has 4 aromatic rings. The predicted molar refractivity (Wildman–Crippen MR) is 139 cm³/mol. The third-order valence-electron chi connectivity index (χ3n) is 7.04. The molecule has 3 aromatic carbocycles. The van der Waals surface area contributed by atoms with Crippen molar-refractivity contribution < 1.29 is 18.3 Å². The van der Waals surface area contributed by atoms with Gasteiger partial charge in [-0.3, -0.25) is 4.90 Å². The van der Waals surface area contributed by atoms with Crippen LogP contribution in [0.1, 0.15) is 29.5 Å². The first-order chi connectivity index (χ1) is 18.4. The average molecular weight is 522 g/mol. The highest BCUT2D eigenvalue weighted by Crippen LogP contribution is 2.29. The molecule has 0 bridgehead atoms. The van der Waals surface area contributed by atoms with Crippen LogP contribution in [0.2, 0.25) is 0 Å². The summed E-state index contributed by atoms with van der Waals surface area (Å²) in [5.74, 6) is -1.71. The zero-order valence-corrected chi connectivity index (χ0v) is 20.9. The van der Waals surface area contributed by atoms with Gasteiger partial charge in [0, 0.05) is 43.0 Å². The van der Waals surface area contributed by atoms with Gasteiger partial charge < -0.3 is 10.4 Å². The van der Waals surface area contributed by atoms with Gasteiger partial charge in [-0.2, -0.15) is 5.10 Å². The minimum Gasteiger partial charge on any atom is -0.382 e. The molecule has 0 saturated carbocycles. The van der Waals surface area contributed by atoms with E-state index >= 15 is 0 Å². The fourth-order valence-corrected chi connectivity index (χ4v) is 5.07. The predicted octanol–water partition coefficient (Wildman–Crippen LogP) is 4.75. The molecule has 1 unspecified atom stereocenters. The summed E-state index contributed by atoms with van der Waals surface area (Å²) >= 11 is 0. The fraction of sp³-hybridized carbons (Fsp3) is 0.310. The molecule has 198 valence electrons. The number of aromatic nitrogens is 3. The smallest absolute Gasteiger partial charge is 0.137 e. The van der Waals surface area contributed by atoms with Gasteiger partial charge >= 0.3 is 0 Å². The zero-order valence-electron chi connectivity index (χ0n) is 20.9. The number of halogens is 3. The Morgan fingerprint density at radius 3 is 2.16 bits per heavy atom. The highest BCUT2D eigenvalue weighted by atomic mass is 19.1. The maximum absolute atomic E-state index is 14.7. The van der Waals surface area contributed by atoms with Crippen molar-refractivity contribution >= 4 is 5.69 Å². The van der Waals surface area contributed by atoms with Gasteiger partial charge in [-0.05, 0) is 60.7 Å². The van der Waals surface area contributed by atoms with E-state index in [4.69, 9.17) is 0 Å². The highest BCUT2D eigenvalue weighted by Gasteiger charge is 2.36. The van der Waals surface area contributed by atoms with Gasteiger partial charge in [0.25, 0.3) is 0 Å². The van der Waals surface area contributed by atoms with E-state index in [1.807, 2.05) is 0 Å². The number of hydrogen-bond acceptors (Lipinski definition) is 5. The number of benzene rings is 3. The topological polar surface area (TPSA) is 66.2 Å².